The molecule has 198 valence electrons. The summed E-state index contributed by atoms with van der Waals surface area (Å²) in [6.45, 7) is 6.31. The summed E-state index contributed by atoms with van der Waals surface area (Å²) in [6, 6.07) is 2.33. The van der Waals surface area contributed by atoms with Gasteiger partial charge < -0.3 is 16.1 Å². The van der Waals surface area contributed by atoms with Gasteiger partial charge in [0, 0.05) is 24.4 Å². The Kier molecular flexibility index (Phi) is 9.29. The number of nitrogens with one attached hydrogen (secondary N) is 2. The summed E-state index contributed by atoms with van der Waals surface area (Å²) in [5.41, 5.74) is 13.2. The summed E-state index contributed by atoms with van der Waals surface area (Å²) in [6.07, 6.45) is 10.4. The molecule has 1 fully saturated rings. The van der Waals surface area contributed by atoms with Crippen LogP contribution in [-0.4, -0.2) is 34.9 Å². The molecular formula is C27H39F3N6. The maximum atomic E-state index is 13.3. The number of hydrazine groups is 1. The van der Waals surface area contributed by atoms with Gasteiger partial charge in [0.25, 0.3) is 0 Å². The van der Waals surface area contributed by atoms with Gasteiger partial charge in [0.2, 0.25) is 0 Å². The molecule has 1 aliphatic carbocycles. The average molecular weight is 505 g/mol. The molecule has 0 bridgehead atoms. The molecule has 4 N–H and O–H groups in total. The average Bonchev–Trinajstić information content (AvgIpc) is 3.61. The third kappa shape index (κ3) is 6.52. The molecule has 36 heavy (non-hydrogen) atoms. The minimum Gasteiger partial charge on any atom is -0.404 e. The van der Waals surface area contributed by atoms with Gasteiger partial charge in [0.1, 0.15) is 5.54 Å². The van der Waals surface area contributed by atoms with E-state index in [1.54, 1.807) is 12.4 Å². The number of rotatable bonds is 11. The van der Waals surface area contributed by atoms with Crippen molar-refractivity contribution in [1.29, 1.82) is 5.26 Å². The summed E-state index contributed by atoms with van der Waals surface area (Å²) in [5, 5.41) is 10.0. The summed E-state index contributed by atoms with van der Waals surface area (Å²) in [7, 11) is 0. The highest BCUT2D eigenvalue weighted by atomic mass is 19.4. The zero-order valence-corrected chi connectivity index (χ0v) is 21.6. The minimum absolute atomic E-state index is 0.0614. The molecule has 2 aliphatic heterocycles. The van der Waals surface area contributed by atoms with Crippen LogP contribution in [-0.2, 0) is 0 Å². The van der Waals surface area contributed by atoms with Gasteiger partial charge in [-0.25, -0.2) is 5.43 Å². The van der Waals surface area contributed by atoms with E-state index >= 15 is 0 Å². The van der Waals surface area contributed by atoms with Gasteiger partial charge in [-0.05, 0) is 63.8 Å². The van der Waals surface area contributed by atoms with Gasteiger partial charge >= 0.3 is 6.18 Å². The molecule has 0 aromatic rings. The van der Waals surface area contributed by atoms with E-state index in [-0.39, 0.29) is 24.9 Å². The van der Waals surface area contributed by atoms with Crippen molar-refractivity contribution < 1.29 is 13.2 Å². The fourth-order valence-corrected chi connectivity index (χ4v) is 4.84. The molecule has 9 heteroatoms. The second-order valence-electron chi connectivity index (χ2n) is 10.1. The van der Waals surface area contributed by atoms with Crippen LogP contribution >= 0.6 is 0 Å². The van der Waals surface area contributed by atoms with Crippen molar-refractivity contribution in [3.8, 4) is 6.07 Å². The number of nitriles is 1. The van der Waals surface area contributed by atoms with Crippen molar-refractivity contribution in [2.24, 2.45) is 10.7 Å². The molecule has 3 rings (SSSR count). The number of halogens is 3. The fraction of sp³-hybridized carbons (Fsp3) is 0.630. The van der Waals surface area contributed by atoms with E-state index in [4.69, 9.17) is 10.7 Å². The third-order valence-electron chi connectivity index (χ3n) is 7.20. The number of allylic oxidation sites excluding steroid dienone is 5. The van der Waals surface area contributed by atoms with E-state index in [2.05, 4.69) is 35.7 Å². The maximum absolute atomic E-state index is 13.3. The number of hydrogen-bond acceptors (Lipinski definition) is 6. The topological polar surface area (TPSA) is 89.5 Å². The summed E-state index contributed by atoms with van der Waals surface area (Å²) < 4.78 is 39.8. The van der Waals surface area contributed by atoms with Gasteiger partial charge in [-0.1, -0.05) is 38.7 Å². The zero-order chi connectivity index (χ0) is 26.3. The Labute approximate surface area is 212 Å². The normalized spacial score (nSPS) is 24.0. The molecule has 0 aromatic carbocycles. The number of alkyl halides is 3. The van der Waals surface area contributed by atoms with Crippen molar-refractivity contribution in [3.05, 3.63) is 46.6 Å². The molecule has 0 spiro atoms. The predicted octanol–water partition coefficient (Wildman–Crippen LogP) is 5.88. The highest BCUT2D eigenvalue weighted by Gasteiger charge is 2.63. The first-order valence-corrected chi connectivity index (χ1v) is 13.0. The van der Waals surface area contributed by atoms with Crippen LogP contribution in [0.4, 0.5) is 13.2 Å². The summed E-state index contributed by atoms with van der Waals surface area (Å²) >= 11 is 0. The van der Waals surface area contributed by atoms with E-state index in [1.807, 2.05) is 19.1 Å². The lowest BCUT2D eigenvalue weighted by molar-refractivity contribution is -0.167. The zero-order valence-electron chi connectivity index (χ0n) is 21.6. The number of aliphatic imine (C=N–C) groups is 1. The Balaban J connectivity index is 1.80. The van der Waals surface area contributed by atoms with Crippen LogP contribution in [0.25, 0.3) is 0 Å². The highest BCUT2D eigenvalue weighted by molar-refractivity contribution is 5.78. The molecule has 0 aromatic heterocycles. The quantitative estimate of drug-likeness (QED) is 0.241. The largest absolute Gasteiger partial charge is 0.408 e. The second-order valence-corrected chi connectivity index (χ2v) is 10.1. The Morgan fingerprint density at radius 1 is 1.36 bits per heavy atom. The van der Waals surface area contributed by atoms with E-state index in [0.717, 1.165) is 29.8 Å². The minimum atomic E-state index is -4.30. The molecule has 0 radical (unpaired) electrons. The van der Waals surface area contributed by atoms with Gasteiger partial charge in [-0.2, -0.15) is 18.4 Å². The van der Waals surface area contributed by atoms with Crippen LogP contribution in [0.3, 0.4) is 0 Å². The van der Waals surface area contributed by atoms with Gasteiger partial charge in [-0.15, -0.1) is 0 Å². The van der Waals surface area contributed by atoms with Crippen molar-refractivity contribution >= 4 is 6.21 Å². The lowest BCUT2D eigenvalue weighted by atomic mass is 10.0. The van der Waals surface area contributed by atoms with E-state index in [9.17, 15) is 18.4 Å². The van der Waals surface area contributed by atoms with Gasteiger partial charge in [0.15, 0.2) is 0 Å². The monoisotopic (exact) mass is 504 g/mol. The Hall–Kier alpha value is -2.73. The van der Waals surface area contributed by atoms with Crippen molar-refractivity contribution in [2.75, 3.05) is 0 Å². The molecule has 0 amide bonds. The molecule has 2 heterocycles. The van der Waals surface area contributed by atoms with Crippen LogP contribution in [0.1, 0.15) is 85.0 Å². The Morgan fingerprint density at radius 2 is 2.11 bits per heavy atom. The number of hydrogen-bond donors (Lipinski definition) is 3. The van der Waals surface area contributed by atoms with Gasteiger partial charge in [0.05, 0.1) is 29.1 Å². The molecule has 2 atom stereocenters. The number of nitrogens with zero attached hydrogens (tertiary/aromatic N) is 3. The van der Waals surface area contributed by atoms with Crippen LogP contribution in [0.2, 0.25) is 0 Å². The number of unbranched alkanes of at least 4 members (excludes halogenated alkanes) is 3. The van der Waals surface area contributed by atoms with Crippen LogP contribution in [0.15, 0.2) is 51.6 Å². The third-order valence-corrected chi connectivity index (χ3v) is 7.20. The highest BCUT2D eigenvalue weighted by Crippen LogP contribution is 2.48. The van der Waals surface area contributed by atoms with E-state index < -0.39 is 11.7 Å². The van der Waals surface area contributed by atoms with E-state index in [0.29, 0.717) is 30.5 Å². The summed E-state index contributed by atoms with van der Waals surface area (Å²) in [5.74, 6) is 0. The standard InChI is InChI=1S/C27H39F3N6/c1-4-5-6-7-9-20(3)36-23(14-19(2)16-31)15-21(17-32)25(36)24-11-8-10-22(18-33-24)34-35-26(12-13-26)27(28,29)30/h10,14,16,18,20,24,34-35H,4-9,11-13,15,31H2,1-3H3/b19-16-,23-14+. The number of nitrogens with two attached hydrogens (primary N) is 1. The Bertz CT molecular complexity index is 978. The lowest BCUT2D eigenvalue weighted by Gasteiger charge is -2.33. The smallest absolute Gasteiger partial charge is 0.404 e. The molecular weight excluding hydrogens is 465 g/mol. The first-order chi connectivity index (χ1) is 17.2. The lowest BCUT2D eigenvalue weighted by Crippen LogP contribution is -2.51. The summed E-state index contributed by atoms with van der Waals surface area (Å²) in [4.78, 5) is 7.01. The van der Waals surface area contributed by atoms with E-state index in [1.165, 1.54) is 19.3 Å². The first-order valence-electron chi connectivity index (χ1n) is 13.0. The fourth-order valence-electron chi connectivity index (χ4n) is 4.84. The molecule has 3 aliphatic rings. The molecule has 1 saturated carbocycles. The van der Waals surface area contributed by atoms with Crippen molar-refractivity contribution in [1.82, 2.24) is 15.8 Å². The molecule has 6 nitrogen and oxygen atoms in total. The van der Waals surface area contributed by atoms with Crippen molar-refractivity contribution in [2.45, 2.75) is 109 Å². The molecule has 0 saturated heterocycles. The van der Waals surface area contributed by atoms with Crippen LogP contribution in [0, 0.1) is 11.3 Å². The molecule has 2 unspecified atom stereocenters. The predicted molar refractivity (Wildman–Crippen MR) is 137 cm³/mol. The van der Waals surface area contributed by atoms with Crippen LogP contribution in [0.5, 0.6) is 0 Å². The first kappa shape index (κ1) is 27.9. The SMILES string of the molecule is CCCCCCC(C)N1C(C2CCC=C(NNC3(C(F)(F)F)CC3)C=N2)=C(C#N)C/C1=C\C(C)=C/N. The Morgan fingerprint density at radius 3 is 2.72 bits per heavy atom. The van der Waals surface area contributed by atoms with Crippen LogP contribution < -0.4 is 16.6 Å². The van der Waals surface area contributed by atoms with Crippen molar-refractivity contribution in [3.63, 3.8) is 0 Å². The second kappa shape index (κ2) is 12.0. The van der Waals surface area contributed by atoms with Gasteiger partial charge in [-0.3, -0.25) is 4.99 Å². The maximum Gasteiger partial charge on any atom is 0.408 e.